The molecule has 0 radical (unpaired) electrons. The van der Waals surface area contributed by atoms with Crippen molar-refractivity contribution >= 4 is 52.6 Å². The average molecular weight is 669 g/mol. The van der Waals surface area contributed by atoms with Crippen LogP contribution in [0.5, 0.6) is 0 Å². The molecule has 4 amide bonds. The molecule has 3 N–H and O–H groups in total. The van der Waals surface area contributed by atoms with E-state index in [0.29, 0.717) is 49.6 Å². The molecule has 0 bridgehead atoms. The lowest BCUT2D eigenvalue weighted by Gasteiger charge is -2.41. The zero-order valence-corrected chi connectivity index (χ0v) is 27.4. The van der Waals surface area contributed by atoms with Crippen molar-refractivity contribution < 1.29 is 42.3 Å². The largest absolute Gasteiger partial charge is 0.399 e. The molecule has 3 saturated heterocycles. The third-order valence-electron chi connectivity index (χ3n) is 9.24. The maximum atomic E-state index is 14.3. The van der Waals surface area contributed by atoms with Gasteiger partial charge in [-0.1, -0.05) is 26.8 Å². The Hall–Kier alpha value is -2.93. The Kier molecular flexibility index (Phi) is 8.93. The number of piperidine rings is 1. The Morgan fingerprint density at radius 3 is 2.36 bits per heavy atom. The fraction of sp³-hybridized carbons (Fsp3) is 0.600. The van der Waals surface area contributed by atoms with Gasteiger partial charge in [-0.2, -0.15) is 8.78 Å². The number of nitrogens with one attached hydrogen (secondary N) is 1. The van der Waals surface area contributed by atoms with Crippen LogP contribution >= 0.6 is 18.9 Å². The van der Waals surface area contributed by atoms with Crippen LogP contribution in [0.1, 0.15) is 68.6 Å². The molecule has 1 aromatic carbocycles. The van der Waals surface area contributed by atoms with Crippen LogP contribution in [0.2, 0.25) is 0 Å². The highest BCUT2D eigenvalue weighted by atomic mass is 32.1. The minimum Gasteiger partial charge on any atom is -0.339 e. The standard InChI is InChI=1S/C30H39F2N4O7PS/c1-17(37)35-13-10-18-9-12-34(16-22(18)35)27(39)21-6-5-11-36(21)28(40)25(29(2,3)4)33-26(38)24-15-19-14-20(7-8-23(19)45-24)30(31,32)44(41,42)43/h7-8,14-15,18,21-22,25H,5-6,9-13,16H2,1-4H3,(H,33,38)(H2,41,42,43)/t18-,21-,22-,25?/m0/s1. The predicted molar refractivity (Wildman–Crippen MR) is 164 cm³/mol. The zero-order chi connectivity index (χ0) is 33.1. The van der Waals surface area contributed by atoms with Gasteiger partial charge in [0.15, 0.2) is 0 Å². The number of alkyl halides is 2. The van der Waals surface area contributed by atoms with Crippen LogP contribution in [-0.4, -0.2) is 92.4 Å². The van der Waals surface area contributed by atoms with Crippen molar-refractivity contribution in [1.82, 2.24) is 20.0 Å². The number of likely N-dealkylation sites (tertiary alicyclic amines) is 3. The highest BCUT2D eigenvalue weighted by Gasteiger charge is 2.50. The third-order valence-corrected chi connectivity index (χ3v) is 11.3. The number of hydrogen-bond acceptors (Lipinski definition) is 6. The van der Waals surface area contributed by atoms with Gasteiger partial charge in [-0.25, -0.2) is 0 Å². The van der Waals surface area contributed by atoms with Crippen LogP contribution in [0.4, 0.5) is 8.78 Å². The molecule has 2 aromatic rings. The lowest BCUT2D eigenvalue weighted by atomic mass is 9.85. The van der Waals surface area contributed by atoms with Gasteiger partial charge < -0.3 is 29.8 Å². The van der Waals surface area contributed by atoms with E-state index in [2.05, 4.69) is 5.32 Å². The molecule has 0 saturated carbocycles. The van der Waals surface area contributed by atoms with E-state index in [4.69, 9.17) is 9.79 Å². The monoisotopic (exact) mass is 668 g/mol. The van der Waals surface area contributed by atoms with E-state index in [0.717, 1.165) is 36.3 Å². The highest BCUT2D eigenvalue weighted by molar-refractivity contribution is 7.52. The van der Waals surface area contributed by atoms with Gasteiger partial charge >= 0.3 is 13.3 Å². The molecule has 15 heteroatoms. The summed E-state index contributed by atoms with van der Waals surface area (Å²) in [5, 5.41) is 3.01. The number of fused-ring (bicyclic) bond motifs is 2. The summed E-state index contributed by atoms with van der Waals surface area (Å²) in [5.41, 5.74) is -6.01. The van der Waals surface area contributed by atoms with Gasteiger partial charge in [0.1, 0.15) is 12.1 Å². The number of thiophene rings is 1. The van der Waals surface area contributed by atoms with E-state index < -0.39 is 48.1 Å². The first kappa shape index (κ1) is 33.4. The van der Waals surface area contributed by atoms with Gasteiger partial charge in [-0.05, 0) is 60.6 Å². The number of rotatable bonds is 6. The molecule has 11 nitrogen and oxygen atoms in total. The number of amides is 4. The van der Waals surface area contributed by atoms with E-state index >= 15 is 0 Å². The average Bonchev–Trinajstić information content (AvgIpc) is 3.71. The SMILES string of the molecule is CC(=O)N1CC[C@@H]2CCN(C(=O)[C@@H]3CCCN3C(=O)C(NC(=O)c3cc4cc(C(F)(F)P(=O)(O)O)ccc4s3)C(C)(C)C)C[C@@H]21. The normalized spacial score (nSPS) is 23.3. The lowest BCUT2D eigenvalue weighted by Crippen LogP contribution is -2.59. The number of hydrogen-bond donors (Lipinski definition) is 3. The van der Waals surface area contributed by atoms with Crippen molar-refractivity contribution in [3.05, 3.63) is 34.7 Å². The maximum Gasteiger partial charge on any atom is 0.399 e. The first-order chi connectivity index (χ1) is 20.9. The molecule has 4 atom stereocenters. The molecule has 0 spiro atoms. The molecule has 1 aromatic heterocycles. The molecule has 4 heterocycles. The number of carbonyl (C=O) groups is 4. The first-order valence-corrected chi connectivity index (χ1v) is 17.5. The fourth-order valence-electron chi connectivity index (χ4n) is 6.76. The summed E-state index contributed by atoms with van der Waals surface area (Å²) in [4.78, 5) is 76.9. The smallest absolute Gasteiger partial charge is 0.339 e. The Morgan fingerprint density at radius 1 is 1.02 bits per heavy atom. The molecule has 45 heavy (non-hydrogen) atoms. The van der Waals surface area contributed by atoms with Gasteiger partial charge in [-0.15, -0.1) is 11.3 Å². The van der Waals surface area contributed by atoms with E-state index in [9.17, 15) is 32.5 Å². The number of nitrogens with zero attached hydrogens (tertiary/aromatic N) is 3. The van der Waals surface area contributed by atoms with Crippen molar-refractivity contribution in [3.63, 3.8) is 0 Å². The number of halogens is 2. The van der Waals surface area contributed by atoms with Crippen molar-refractivity contribution in [3.8, 4) is 0 Å². The molecule has 1 unspecified atom stereocenters. The minimum absolute atomic E-state index is 0.00335. The van der Waals surface area contributed by atoms with E-state index in [-0.39, 0.29) is 28.1 Å². The molecular weight excluding hydrogens is 629 g/mol. The summed E-state index contributed by atoms with van der Waals surface area (Å²) in [5.74, 6) is -0.791. The Bertz CT molecular complexity index is 1570. The van der Waals surface area contributed by atoms with E-state index in [1.165, 1.54) is 12.1 Å². The molecule has 0 aliphatic carbocycles. The van der Waals surface area contributed by atoms with Crippen molar-refractivity contribution in [1.29, 1.82) is 0 Å². The minimum atomic E-state index is -5.77. The third kappa shape index (κ3) is 6.39. The zero-order valence-electron chi connectivity index (χ0n) is 25.7. The summed E-state index contributed by atoms with van der Waals surface area (Å²) in [6, 6.07) is 2.77. The maximum absolute atomic E-state index is 14.3. The van der Waals surface area contributed by atoms with Crippen LogP contribution in [0.3, 0.4) is 0 Å². The highest BCUT2D eigenvalue weighted by Crippen LogP contribution is 2.59. The van der Waals surface area contributed by atoms with Crippen LogP contribution in [-0.2, 0) is 24.6 Å². The molecule has 3 aliphatic rings. The topological polar surface area (TPSA) is 148 Å². The van der Waals surface area contributed by atoms with Crippen LogP contribution < -0.4 is 5.32 Å². The van der Waals surface area contributed by atoms with Crippen LogP contribution in [0.25, 0.3) is 10.1 Å². The van der Waals surface area contributed by atoms with Crippen LogP contribution in [0.15, 0.2) is 24.3 Å². The van der Waals surface area contributed by atoms with Gasteiger partial charge in [0.2, 0.25) is 17.7 Å². The molecule has 3 fully saturated rings. The summed E-state index contributed by atoms with van der Waals surface area (Å²) in [7, 11) is -5.77. The van der Waals surface area contributed by atoms with Gasteiger partial charge in [-0.3, -0.25) is 23.7 Å². The van der Waals surface area contributed by atoms with Gasteiger partial charge in [0.25, 0.3) is 5.91 Å². The first-order valence-electron chi connectivity index (χ1n) is 15.0. The van der Waals surface area contributed by atoms with Crippen molar-refractivity contribution in [2.45, 2.75) is 77.2 Å². The summed E-state index contributed by atoms with van der Waals surface area (Å²) >= 11 is 0.998. The summed E-state index contributed by atoms with van der Waals surface area (Å²) < 4.78 is 40.4. The fourth-order valence-corrected chi connectivity index (χ4v) is 8.18. The Morgan fingerprint density at radius 2 is 1.71 bits per heavy atom. The molecular formula is C30H39F2N4O7PS. The lowest BCUT2D eigenvalue weighted by molar-refractivity contribution is -0.148. The Balaban J connectivity index is 1.32. The molecule has 246 valence electrons. The van der Waals surface area contributed by atoms with E-state index in [1.807, 2.05) is 4.90 Å². The Labute approximate surface area is 264 Å². The van der Waals surface area contributed by atoms with Gasteiger partial charge in [0.05, 0.1) is 10.9 Å². The number of benzene rings is 1. The quantitative estimate of drug-likeness (QED) is 0.398. The second-order valence-electron chi connectivity index (χ2n) is 13.3. The van der Waals surface area contributed by atoms with Gasteiger partial charge in [0, 0.05) is 43.4 Å². The second-order valence-corrected chi connectivity index (χ2v) is 16.0. The van der Waals surface area contributed by atoms with Crippen molar-refractivity contribution in [2.75, 3.05) is 26.2 Å². The van der Waals surface area contributed by atoms with Crippen LogP contribution in [0, 0.1) is 11.3 Å². The van der Waals surface area contributed by atoms with Crippen molar-refractivity contribution in [2.24, 2.45) is 11.3 Å². The molecule has 3 aliphatic heterocycles. The number of carbonyl (C=O) groups excluding carboxylic acids is 4. The van der Waals surface area contributed by atoms with E-state index in [1.54, 1.807) is 37.5 Å². The predicted octanol–water partition coefficient (Wildman–Crippen LogP) is 3.73. The summed E-state index contributed by atoms with van der Waals surface area (Å²) in [6.45, 7) is 8.99. The second kappa shape index (κ2) is 12.0. The summed E-state index contributed by atoms with van der Waals surface area (Å²) in [6.07, 6.45) is 2.85. The molecule has 5 rings (SSSR count).